The van der Waals surface area contributed by atoms with Crippen LogP contribution >= 0.6 is 0 Å². The van der Waals surface area contributed by atoms with Gasteiger partial charge in [-0.2, -0.15) is 0 Å². The summed E-state index contributed by atoms with van der Waals surface area (Å²) in [5.41, 5.74) is 0.466. The van der Waals surface area contributed by atoms with E-state index in [-0.39, 0.29) is 33.0 Å². The van der Waals surface area contributed by atoms with Gasteiger partial charge in [0, 0.05) is 13.1 Å². The Balaban J connectivity index is 2.09. The maximum absolute atomic E-state index is 12.7. The van der Waals surface area contributed by atoms with E-state index >= 15 is 0 Å². The molecule has 2 aromatic heterocycles. The Labute approximate surface area is 141 Å². The number of aromatic nitrogens is 2. The highest BCUT2D eigenvalue weighted by Crippen LogP contribution is 2.27. The lowest BCUT2D eigenvalue weighted by Crippen LogP contribution is -2.21. The zero-order chi connectivity index (χ0) is 18.3. The second kappa shape index (κ2) is 5.86. The highest BCUT2D eigenvalue weighted by atomic mass is 16.6. The van der Waals surface area contributed by atoms with Crippen LogP contribution in [0.4, 0.5) is 11.4 Å². The minimum absolute atomic E-state index is 0.00385. The first kappa shape index (κ1) is 16.4. The van der Waals surface area contributed by atoms with Crippen molar-refractivity contribution in [1.29, 1.82) is 0 Å². The molecule has 0 aliphatic rings. The lowest BCUT2D eigenvalue weighted by molar-refractivity contribution is -0.730. The van der Waals surface area contributed by atoms with Gasteiger partial charge in [0.05, 0.1) is 21.7 Å². The van der Waals surface area contributed by atoms with E-state index in [1.807, 2.05) is 0 Å². The van der Waals surface area contributed by atoms with Crippen molar-refractivity contribution in [2.24, 2.45) is 7.05 Å². The number of benzene rings is 1. The van der Waals surface area contributed by atoms with E-state index < -0.39 is 11.5 Å². The fourth-order valence-corrected chi connectivity index (χ4v) is 2.61. The van der Waals surface area contributed by atoms with Crippen LogP contribution < -0.4 is 10.9 Å². The Morgan fingerprint density at radius 3 is 2.76 bits per heavy atom. The van der Waals surface area contributed by atoms with Crippen LogP contribution in [-0.2, 0) is 7.05 Å². The predicted octanol–water partition coefficient (Wildman–Crippen LogP) is 2.20. The van der Waals surface area contributed by atoms with Crippen LogP contribution in [0.5, 0.6) is 0 Å². The topological polar surface area (TPSA) is 117 Å². The third-order valence-corrected chi connectivity index (χ3v) is 3.93. The van der Waals surface area contributed by atoms with E-state index in [1.54, 1.807) is 19.9 Å². The number of carbonyl (C=O) groups is 1. The Hall–Kier alpha value is -3.49. The number of carbonyl (C=O) groups excluding carboxylic acids is 1. The molecular weight excluding hydrogens is 328 g/mol. The summed E-state index contributed by atoms with van der Waals surface area (Å²) in [5, 5.41) is 11.8. The number of amides is 1. The van der Waals surface area contributed by atoms with Crippen LogP contribution in [-0.4, -0.2) is 25.6 Å². The first-order valence-electron chi connectivity index (χ1n) is 7.33. The van der Waals surface area contributed by atoms with Gasteiger partial charge in [-0.05, 0) is 19.9 Å². The molecule has 0 spiro atoms. The van der Waals surface area contributed by atoms with E-state index in [9.17, 15) is 14.5 Å². The molecule has 3 rings (SSSR count). The monoisotopic (exact) mass is 343 g/mol. The number of furan rings is 1. The number of hydrogen-bond acceptors (Lipinski definition) is 5. The van der Waals surface area contributed by atoms with Crippen molar-refractivity contribution in [1.82, 2.24) is 9.55 Å². The largest absolute Gasteiger partial charge is 0.442 e. The Bertz CT molecular complexity index is 1080. The number of hydrogen-bond donors (Lipinski definition) is 2. The maximum atomic E-state index is 12.7. The molecule has 0 fully saturated rings. The average Bonchev–Trinajstić information content (AvgIpc) is 2.89. The third-order valence-electron chi connectivity index (χ3n) is 3.93. The standard InChI is InChI=1S/C16H14N4O5/c1-8-10(5-4-6-11(8)20(23)24)18-14(21)12-9(2)25-15-13(12)16(22)19(3)7-17-15/h4-7H,1-3H3,(H-,18,21,23,24)/p+1. The van der Waals surface area contributed by atoms with Gasteiger partial charge in [-0.1, -0.05) is 6.07 Å². The van der Waals surface area contributed by atoms with Crippen molar-refractivity contribution >= 4 is 28.4 Å². The molecule has 3 aromatic rings. The lowest BCUT2D eigenvalue weighted by atomic mass is 10.1. The van der Waals surface area contributed by atoms with Crippen molar-refractivity contribution in [3.05, 3.63) is 56.7 Å². The normalized spacial score (nSPS) is 10.8. The highest BCUT2D eigenvalue weighted by Gasteiger charge is 2.24. The van der Waals surface area contributed by atoms with E-state index in [0.717, 1.165) is 0 Å². The molecule has 0 aliphatic heterocycles. The van der Waals surface area contributed by atoms with Crippen LogP contribution in [0, 0.1) is 18.8 Å². The molecule has 2 heterocycles. The average molecular weight is 343 g/mol. The predicted molar refractivity (Wildman–Crippen MR) is 88.2 cm³/mol. The number of fused-ring (bicyclic) bond motifs is 1. The third kappa shape index (κ3) is 2.65. The van der Waals surface area contributed by atoms with Crippen LogP contribution in [0.25, 0.3) is 11.1 Å². The van der Waals surface area contributed by atoms with Gasteiger partial charge < -0.3 is 14.3 Å². The molecule has 128 valence electrons. The number of aryl methyl sites for hydroxylation is 2. The Morgan fingerprint density at radius 1 is 1.36 bits per heavy atom. The van der Waals surface area contributed by atoms with Crippen LogP contribution in [0.3, 0.4) is 0 Å². The Morgan fingerprint density at radius 2 is 2.08 bits per heavy atom. The molecule has 0 radical (unpaired) electrons. The molecule has 0 saturated heterocycles. The molecule has 9 heteroatoms. The van der Waals surface area contributed by atoms with Crippen molar-refractivity contribution in [3.63, 3.8) is 0 Å². The molecule has 9 nitrogen and oxygen atoms in total. The second-order valence-electron chi connectivity index (χ2n) is 5.55. The molecule has 1 aromatic carbocycles. The molecular formula is C16H15N4O5+. The van der Waals surface area contributed by atoms with Gasteiger partial charge in [0.15, 0.2) is 0 Å². The summed E-state index contributed by atoms with van der Waals surface area (Å²) >= 11 is 0. The van der Waals surface area contributed by atoms with Crippen LogP contribution in [0.1, 0.15) is 21.7 Å². The van der Waals surface area contributed by atoms with E-state index in [1.165, 1.54) is 30.1 Å². The molecule has 0 atom stereocenters. The fraction of sp³-hybridized carbons (Fsp3) is 0.188. The van der Waals surface area contributed by atoms with Crippen LogP contribution in [0.2, 0.25) is 0 Å². The summed E-state index contributed by atoms with van der Waals surface area (Å²) in [6, 6.07) is 4.50. The lowest BCUT2D eigenvalue weighted by Gasteiger charge is -2.07. The summed E-state index contributed by atoms with van der Waals surface area (Å²) in [6.45, 7) is 3.14. The first-order valence-corrected chi connectivity index (χ1v) is 7.33. The maximum Gasteiger partial charge on any atom is 0.321 e. The molecule has 25 heavy (non-hydrogen) atoms. The van der Waals surface area contributed by atoms with Gasteiger partial charge in [-0.25, -0.2) is 10.2 Å². The zero-order valence-corrected chi connectivity index (χ0v) is 13.7. The molecule has 0 unspecified atom stereocenters. The van der Waals surface area contributed by atoms with Crippen LogP contribution in [0.15, 0.2) is 33.7 Å². The van der Waals surface area contributed by atoms with Crippen molar-refractivity contribution < 1.29 is 19.3 Å². The number of anilines is 1. The summed E-state index contributed by atoms with van der Waals surface area (Å²) in [6.07, 6.45) is 1.31. The second-order valence-corrected chi connectivity index (χ2v) is 5.55. The van der Waals surface area contributed by atoms with Gasteiger partial charge in [0.1, 0.15) is 17.5 Å². The molecule has 0 bridgehead atoms. The summed E-state index contributed by atoms with van der Waals surface area (Å²) in [7, 11) is 1.52. The first-order chi connectivity index (χ1) is 11.8. The summed E-state index contributed by atoms with van der Waals surface area (Å²) in [5.74, 6) is -0.318. The van der Waals surface area contributed by atoms with Gasteiger partial charge >= 0.3 is 5.69 Å². The smallest absolute Gasteiger partial charge is 0.321 e. The minimum atomic E-state index is -0.572. The van der Waals surface area contributed by atoms with Gasteiger partial charge in [-0.3, -0.25) is 9.59 Å². The SMILES string of the molecule is Cc1oc2ncn(C)c(=O)c2c1C(=O)Nc1cccc([N+](=O)O)c1C. The van der Waals surface area contributed by atoms with Crippen molar-refractivity contribution in [3.8, 4) is 0 Å². The van der Waals surface area contributed by atoms with Crippen molar-refractivity contribution in [2.75, 3.05) is 5.32 Å². The van der Waals surface area contributed by atoms with E-state index in [2.05, 4.69) is 10.3 Å². The van der Waals surface area contributed by atoms with E-state index in [4.69, 9.17) is 9.62 Å². The molecule has 1 amide bonds. The minimum Gasteiger partial charge on any atom is -0.442 e. The molecule has 2 N–H and O–H groups in total. The Kier molecular flexibility index (Phi) is 3.84. The van der Waals surface area contributed by atoms with E-state index in [0.29, 0.717) is 11.3 Å². The number of rotatable bonds is 3. The van der Waals surface area contributed by atoms with Gasteiger partial charge in [0.2, 0.25) is 5.71 Å². The highest BCUT2D eigenvalue weighted by molar-refractivity contribution is 6.13. The quantitative estimate of drug-likeness (QED) is 0.704. The summed E-state index contributed by atoms with van der Waals surface area (Å²) in [4.78, 5) is 39.9. The van der Waals surface area contributed by atoms with Gasteiger partial charge in [-0.15, -0.1) is 0 Å². The zero-order valence-electron chi connectivity index (χ0n) is 13.7. The number of nitrogens with one attached hydrogen (secondary N) is 1. The molecule has 0 saturated carbocycles. The summed E-state index contributed by atoms with van der Waals surface area (Å²) < 4.78 is 6.65. The fourth-order valence-electron chi connectivity index (χ4n) is 2.61. The van der Waals surface area contributed by atoms with Crippen molar-refractivity contribution in [2.45, 2.75) is 13.8 Å². The number of nitrogens with zero attached hydrogens (tertiary/aromatic N) is 3. The van der Waals surface area contributed by atoms with Gasteiger partial charge in [0.25, 0.3) is 16.4 Å². The molecule has 0 aliphatic carbocycles.